The van der Waals surface area contributed by atoms with Gasteiger partial charge in [-0.1, -0.05) is 15.9 Å². The van der Waals surface area contributed by atoms with Gasteiger partial charge in [0.25, 0.3) is 5.91 Å². The Morgan fingerprint density at radius 3 is 2.92 bits per heavy atom. The Labute approximate surface area is 230 Å². The molecule has 11 heteroatoms. The summed E-state index contributed by atoms with van der Waals surface area (Å²) in [5, 5.41) is 14.9. The number of carbonyl (C=O) groups excluding carboxylic acids is 2. The van der Waals surface area contributed by atoms with Crippen LogP contribution in [0.1, 0.15) is 27.7 Å². The van der Waals surface area contributed by atoms with Crippen LogP contribution in [0.4, 0.5) is 5.69 Å². The first-order valence-corrected chi connectivity index (χ1v) is 14.0. The van der Waals surface area contributed by atoms with Gasteiger partial charge in [0, 0.05) is 68.5 Å². The second-order valence-electron chi connectivity index (χ2n) is 9.71. The van der Waals surface area contributed by atoms with Gasteiger partial charge < -0.3 is 20.0 Å². The molecule has 2 fully saturated rings. The zero-order chi connectivity index (χ0) is 26.2. The molecule has 3 aliphatic rings. The fourth-order valence-corrected chi connectivity index (χ4v) is 8.39. The molecular weight excluding hydrogens is 568 g/mol. The molecule has 190 valence electrons. The summed E-state index contributed by atoms with van der Waals surface area (Å²) in [7, 11) is 1.56. The average Bonchev–Trinajstić information content (AvgIpc) is 3.74. The number of amides is 1. The molecule has 0 radical (unpaired) electrons. The highest BCUT2D eigenvalue weighted by molar-refractivity contribution is 9.10. The maximum absolute atomic E-state index is 15.1. The van der Waals surface area contributed by atoms with E-state index >= 15 is 4.79 Å². The van der Waals surface area contributed by atoms with Crippen LogP contribution < -0.4 is 10.1 Å². The minimum absolute atomic E-state index is 0.273. The minimum Gasteiger partial charge on any atom is -0.497 e. The zero-order valence-electron chi connectivity index (χ0n) is 20.1. The molecule has 1 amide bonds. The lowest BCUT2D eigenvalue weighted by Crippen LogP contribution is -2.59. The standard InChI is InChI=1S/C27H21BrN6O3S/c1-37-15-3-5-19-16(9-15)17(10-32-19)23(35)26(12-29)22(24-30-6-7-31-24)21-11-38-13-34(21)27(26)18-8-14(28)2-4-20(18)33-25(27)36/h2-10,21-22,32H,11,13H2,1H3,(H,30,31)(H,33,36)/t21?,22-,26+,27-/m1/s1. The number of ketones is 1. The molecule has 0 saturated carbocycles. The number of halogens is 1. The minimum atomic E-state index is -1.83. The van der Waals surface area contributed by atoms with Crippen molar-refractivity contribution in [3.05, 3.63) is 76.4 Å². The largest absolute Gasteiger partial charge is 0.497 e. The van der Waals surface area contributed by atoms with Crippen LogP contribution >= 0.6 is 27.7 Å². The van der Waals surface area contributed by atoms with Crippen LogP contribution in [-0.2, 0) is 10.3 Å². The highest BCUT2D eigenvalue weighted by Crippen LogP contribution is 2.67. The van der Waals surface area contributed by atoms with E-state index in [1.165, 1.54) is 0 Å². The number of ether oxygens (including phenoxy) is 1. The third kappa shape index (κ3) is 2.72. The molecule has 4 atom stereocenters. The van der Waals surface area contributed by atoms with Gasteiger partial charge in [-0.05, 0) is 36.4 Å². The number of anilines is 1. The lowest BCUT2D eigenvalue weighted by Gasteiger charge is -2.41. The molecule has 4 aromatic rings. The number of nitrogens with zero attached hydrogens (tertiary/aromatic N) is 3. The number of nitriles is 1. The molecule has 5 heterocycles. The molecule has 3 N–H and O–H groups in total. The molecule has 2 aromatic carbocycles. The smallest absolute Gasteiger partial charge is 0.251 e. The summed E-state index contributed by atoms with van der Waals surface area (Å²) >= 11 is 5.24. The molecule has 1 spiro atoms. The van der Waals surface area contributed by atoms with Crippen molar-refractivity contribution < 1.29 is 14.3 Å². The van der Waals surface area contributed by atoms with Crippen molar-refractivity contribution in [1.82, 2.24) is 19.9 Å². The number of aromatic nitrogens is 3. The van der Waals surface area contributed by atoms with E-state index in [1.54, 1.807) is 49.6 Å². The van der Waals surface area contributed by atoms with Crippen LogP contribution in [0.25, 0.3) is 10.9 Å². The van der Waals surface area contributed by atoms with Crippen LogP contribution in [0.2, 0.25) is 0 Å². The van der Waals surface area contributed by atoms with Gasteiger partial charge >= 0.3 is 0 Å². The summed E-state index contributed by atoms with van der Waals surface area (Å²) in [5.41, 5.74) is -1.11. The number of hydrogen-bond acceptors (Lipinski definition) is 7. The van der Waals surface area contributed by atoms with Crippen molar-refractivity contribution in [2.45, 2.75) is 17.5 Å². The third-order valence-corrected chi connectivity index (χ3v) is 9.73. The van der Waals surface area contributed by atoms with Gasteiger partial charge in [0.15, 0.2) is 16.7 Å². The molecule has 9 nitrogen and oxygen atoms in total. The molecule has 0 bridgehead atoms. The van der Waals surface area contributed by atoms with Crippen molar-refractivity contribution in [3.8, 4) is 11.8 Å². The summed E-state index contributed by atoms with van der Waals surface area (Å²) in [6.45, 7) is 0. The van der Waals surface area contributed by atoms with Crippen LogP contribution in [-0.4, -0.2) is 56.3 Å². The second kappa shape index (κ2) is 8.20. The summed E-state index contributed by atoms with van der Waals surface area (Å²) in [6.07, 6.45) is 4.94. The van der Waals surface area contributed by atoms with Crippen molar-refractivity contribution in [2.75, 3.05) is 24.1 Å². The average molecular weight is 589 g/mol. The van der Waals surface area contributed by atoms with Gasteiger partial charge in [0.05, 0.1) is 19.1 Å². The number of H-pyrrole nitrogens is 2. The van der Waals surface area contributed by atoms with Crippen molar-refractivity contribution in [2.24, 2.45) is 5.41 Å². The molecule has 0 aliphatic carbocycles. The zero-order valence-corrected chi connectivity index (χ0v) is 22.5. The second-order valence-corrected chi connectivity index (χ2v) is 11.6. The maximum atomic E-state index is 15.1. The molecule has 38 heavy (non-hydrogen) atoms. The highest BCUT2D eigenvalue weighted by atomic mass is 79.9. The molecule has 2 saturated heterocycles. The monoisotopic (exact) mass is 588 g/mol. The lowest BCUT2D eigenvalue weighted by atomic mass is 9.59. The van der Waals surface area contributed by atoms with Gasteiger partial charge in [-0.15, -0.1) is 11.8 Å². The van der Waals surface area contributed by atoms with Gasteiger partial charge in [-0.2, -0.15) is 5.26 Å². The Balaban J connectivity index is 1.58. The first kappa shape index (κ1) is 23.5. The third-order valence-electron chi connectivity index (χ3n) is 8.20. The Hall–Kier alpha value is -3.59. The number of fused-ring (bicyclic) bond motifs is 5. The number of rotatable bonds is 4. The van der Waals surface area contributed by atoms with E-state index in [0.717, 1.165) is 9.99 Å². The van der Waals surface area contributed by atoms with Crippen LogP contribution in [0.3, 0.4) is 0 Å². The topological polar surface area (TPSA) is 127 Å². The molecular formula is C27H21BrN6O3S. The van der Waals surface area contributed by atoms with Gasteiger partial charge in [-0.3, -0.25) is 14.5 Å². The quantitative estimate of drug-likeness (QED) is 0.302. The number of methoxy groups -OCH3 is 1. The Morgan fingerprint density at radius 2 is 2.16 bits per heavy atom. The number of aromatic amines is 2. The van der Waals surface area contributed by atoms with Crippen molar-refractivity contribution in [3.63, 3.8) is 0 Å². The maximum Gasteiger partial charge on any atom is 0.251 e. The molecule has 2 aromatic heterocycles. The number of thioether (sulfide) groups is 1. The molecule has 3 aliphatic heterocycles. The van der Waals surface area contributed by atoms with E-state index in [9.17, 15) is 10.1 Å². The summed E-state index contributed by atoms with van der Waals surface area (Å²) in [6, 6.07) is 13.1. The Morgan fingerprint density at radius 1 is 1.29 bits per heavy atom. The van der Waals surface area contributed by atoms with Gasteiger partial charge in [-0.25, -0.2) is 4.98 Å². The molecule has 7 rings (SSSR count). The van der Waals surface area contributed by atoms with Crippen LogP contribution in [0.5, 0.6) is 5.75 Å². The van der Waals surface area contributed by atoms with Crippen molar-refractivity contribution >= 4 is 56.0 Å². The number of carbonyl (C=O) groups is 2. The van der Waals surface area contributed by atoms with Gasteiger partial charge in [0.2, 0.25) is 0 Å². The Kier molecular flexibility index (Phi) is 5.08. The van der Waals surface area contributed by atoms with Crippen LogP contribution in [0, 0.1) is 16.7 Å². The van der Waals surface area contributed by atoms with Crippen LogP contribution in [0.15, 0.2) is 59.5 Å². The summed E-state index contributed by atoms with van der Waals surface area (Å²) < 4.78 is 6.19. The molecule has 1 unspecified atom stereocenters. The lowest BCUT2D eigenvalue weighted by molar-refractivity contribution is -0.129. The predicted molar refractivity (Wildman–Crippen MR) is 146 cm³/mol. The first-order valence-electron chi connectivity index (χ1n) is 12.0. The summed E-state index contributed by atoms with van der Waals surface area (Å²) in [4.78, 5) is 42.3. The van der Waals surface area contributed by atoms with E-state index in [0.29, 0.717) is 45.4 Å². The number of hydrogen-bond donors (Lipinski definition) is 3. The van der Waals surface area contributed by atoms with Crippen molar-refractivity contribution in [1.29, 1.82) is 5.26 Å². The fourth-order valence-electron chi connectivity index (χ4n) is 6.72. The fraction of sp³-hybridized carbons (Fsp3) is 0.259. The normalized spacial score (nSPS) is 27.9. The number of benzene rings is 2. The number of nitrogens with one attached hydrogen (secondary N) is 3. The van der Waals surface area contributed by atoms with E-state index in [4.69, 9.17) is 4.74 Å². The van der Waals surface area contributed by atoms with E-state index in [-0.39, 0.29) is 11.9 Å². The van der Waals surface area contributed by atoms with Gasteiger partial charge in [0.1, 0.15) is 11.6 Å². The highest BCUT2D eigenvalue weighted by Gasteiger charge is 2.79. The van der Waals surface area contributed by atoms with E-state index in [1.807, 2.05) is 24.3 Å². The number of Topliss-reactive ketones (excluding diaryl/α,β-unsaturated/α-hetero) is 1. The first-order chi connectivity index (χ1) is 18.5. The summed E-state index contributed by atoms with van der Waals surface area (Å²) in [5.74, 6) is 0.773. The van der Waals surface area contributed by atoms with E-state index in [2.05, 4.69) is 47.2 Å². The predicted octanol–water partition coefficient (Wildman–Crippen LogP) is 4.37. The Bertz CT molecular complexity index is 1680. The number of imidazole rings is 1. The van der Waals surface area contributed by atoms with E-state index < -0.39 is 22.7 Å². The SMILES string of the molecule is COc1ccc2[nH]cc(C(=O)[C@]3(C#N)[C@@H](c4ncc[nH]4)C4CSCN4[C@]34C(=O)Nc3ccc(Br)cc34)c2c1.